The number of hydrogen-bond acceptors (Lipinski definition) is 6. The summed E-state index contributed by atoms with van der Waals surface area (Å²) in [4.78, 5) is 16.6. The highest BCUT2D eigenvalue weighted by molar-refractivity contribution is 7.99. The molecule has 0 spiro atoms. The number of hydrogen-bond donors (Lipinski definition) is 0. The van der Waals surface area contributed by atoms with Gasteiger partial charge in [0, 0.05) is 4.90 Å². The van der Waals surface area contributed by atoms with Crippen LogP contribution in [-0.2, 0) is 0 Å². The quantitative estimate of drug-likeness (QED) is 0.740. The second kappa shape index (κ2) is 5.51. The van der Waals surface area contributed by atoms with Crippen LogP contribution in [0.15, 0.2) is 47.0 Å². The molecule has 0 bridgehead atoms. The van der Waals surface area contributed by atoms with Crippen molar-refractivity contribution in [3.05, 3.63) is 48.0 Å². The summed E-state index contributed by atoms with van der Waals surface area (Å²) in [5.74, 6) is -0.0759. The lowest BCUT2D eigenvalue weighted by atomic mass is 10.4. The molecule has 2 heterocycles. The van der Waals surface area contributed by atoms with Crippen molar-refractivity contribution in [1.82, 2.24) is 29.7 Å². The summed E-state index contributed by atoms with van der Waals surface area (Å²) in [5, 5.41) is 4.29. The lowest BCUT2D eigenvalue weighted by molar-refractivity contribution is 0.624. The highest BCUT2D eigenvalue weighted by Crippen LogP contribution is 2.25. The normalized spacial score (nSPS) is 10.7. The molecule has 9 heteroatoms. The van der Waals surface area contributed by atoms with Crippen molar-refractivity contribution >= 4 is 23.4 Å². The first-order valence-electron chi connectivity index (χ1n) is 5.41. The maximum Gasteiger partial charge on any atom is 0.257 e. The Morgan fingerprint density at radius 2 is 2.10 bits per heavy atom. The molecule has 6 nitrogen and oxygen atoms in total. The van der Waals surface area contributed by atoms with Crippen molar-refractivity contribution in [2.45, 2.75) is 10.1 Å². The Balaban J connectivity index is 1.94. The molecule has 3 aromatic rings. The van der Waals surface area contributed by atoms with Crippen molar-refractivity contribution < 1.29 is 4.39 Å². The van der Waals surface area contributed by atoms with Gasteiger partial charge in [-0.15, -0.1) is 0 Å². The van der Waals surface area contributed by atoms with Gasteiger partial charge in [-0.1, -0.05) is 6.07 Å². The SMILES string of the molecule is Fc1cccc(Sc2nc(Cl)nc(-n3cncn3)n2)c1. The van der Waals surface area contributed by atoms with E-state index in [2.05, 4.69) is 25.0 Å². The molecule has 0 radical (unpaired) electrons. The molecule has 20 heavy (non-hydrogen) atoms. The molecule has 0 aliphatic carbocycles. The number of benzene rings is 1. The highest BCUT2D eigenvalue weighted by Gasteiger charge is 2.09. The fourth-order valence-corrected chi connectivity index (χ4v) is 2.41. The van der Waals surface area contributed by atoms with Gasteiger partial charge in [-0.3, -0.25) is 0 Å². The van der Waals surface area contributed by atoms with E-state index in [0.717, 1.165) is 0 Å². The molecule has 0 aliphatic rings. The first kappa shape index (κ1) is 12.9. The largest absolute Gasteiger partial charge is 0.257 e. The zero-order valence-electron chi connectivity index (χ0n) is 9.81. The summed E-state index contributed by atoms with van der Waals surface area (Å²) in [5.41, 5.74) is 0. The third-order valence-electron chi connectivity index (χ3n) is 2.20. The summed E-state index contributed by atoms with van der Waals surface area (Å²) < 4.78 is 14.5. The maximum absolute atomic E-state index is 13.1. The fourth-order valence-electron chi connectivity index (χ4n) is 1.42. The van der Waals surface area contributed by atoms with Crippen LogP contribution in [0.2, 0.25) is 5.28 Å². The van der Waals surface area contributed by atoms with Crippen LogP contribution < -0.4 is 0 Å². The van der Waals surface area contributed by atoms with Gasteiger partial charge in [0.05, 0.1) is 0 Å². The van der Waals surface area contributed by atoms with E-state index >= 15 is 0 Å². The van der Waals surface area contributed by atoms with Gasteiger partial charge in [0.1, 0.15) is 18.5 Å². The second-order valence-corrected chi connectivity index (χ2v) is 4.97. The van der Waals surface area contributed by atoms with Gasteiger partial charge in [-0.25, -0.2) is 9.37 Å². The predicted octanol–water partition coefficient (Wildman–Crippen LogP) is 2.40. The third kappa shape index (κ3) is 2.91. The van der Waals surface area contributed by atoms with Crippen molar-refractivity contribution in [2.75, 3.05) is 0 Å². The lowest BCUT2D eigenvalue weighted by Gasteiger charge is -2.03. The minimum absolute atomic E-state index is 0.0319. The number of rotatable bonds is 3. The van der Waals surface area contributed by atoms with Gasteiger partial charge in [0.15, 0.2) is 5.16 Å². The van der Waals surface area contributed by atoms with Crippen molar-refractivity contribution in [2.24, 2.45) is 0 Å². The molecule has 0 unspecified atom stereocenters. The highest BCUT2D eigenvalue weighted by atomic mass is 35.5. The molecule has 100 valence electrons. The van der Waals surface area contributed by atoms with Gasteiger partial charge in [0.25, 0.3) is 5.95 Å². The van der Waals surface area contributed by atoms with Gasteiger partial charge in [-0.05, 0) is 41.6 Å². The van der Waals surface area contributed by atoms with E-state index in [1.165, 1.54) is 41.2 Å². The van der Waals surface area contributed by atoms with Crippen LogP contribution in [0.1, 0.15) is 0 Å². The zero-order chi connectivity index (χ0) is 13.9. The summed E-state index contributed by atoms with van der Waals surface area (Å²) in [6.45, 7) is 0. The molecule has 0 saturated carbocycles. The van der Waals surface area contributed by atoms with E-state index in [-0.39, 0.29) is 17.0 Å². The fraction of sp³-hybridized carbons (Fsp3) is 0. The smallest absolute Gasteiger partial charge is 0.223 e. The average Bonchev–Trinajstić information content (AvgIpc) is 2.91. The van der Waals surface area contributed by atoms with Gasteiger partial charge >= 0.3 is 0 Å². The number of aromatic nitrogens is 6. The molecular weight excluding hydrogens is 303 g/mol. The Bertz CT molecular complexity index is 736. The molecule has 0 N–H and O–H groups in total. The van der Waals surface area contributed by atoms with E-state index < -0.39 is 0 Å². The zero-order valence-corrected chi connectivity index (χ0v) is 11.4. The van der Waals surface area contributed by atoms with E-state index in [9.17, 15) is 4.39 Å². The summed E-state index contributed by atoms with van der Waals surface area (Å²) in [7, 11) is 0. The Morgan fingerprint density at radius 3 is 2.85 bits per heavy atom. The second-order valence-electron chi connectivity index (χ2n) is 3.59. The topological polar surface area (TPSA) is 69.4 Å². The lowest BCUT2D eigenvalue weighted by Crippen LogP contribution is -2.04. The van der Waals surface area contributed by atoms with Crippen LogP contribution in [0.25, 0.3) is 5.95 Å². The van der Waals surface area contributed by atoms with Crippen LogP contribution in [0.4, 0.5) is 4.39 Å². The van der Waals surface area contributed by atoms with Crippen LogP contribution in [0.5, 0.6) is 0 Å². The minimum Gasteiger partial charge on any atom is -0.223 e. The van der Waals surface area contributed by atoms with Crippen LogP contribution >= 0.6 is 23.4 Å². The Morgan fingerprint density at radius 1 is 1.20 bits per heavy atom. The van der Waals surface area contributed by atoms with Gasteiger partial charge < -0.3 is 0 Å². The first-order valence-corrected chi connectivity index (χ1v) is 6.60. The van der Waals surface area contributed by atoms with Crippen LogP contribution in [-0.4, -0.2) is 29.7 Å². The Labute approximate surface area is 122 Å². The van der Waals surface area contributed by atoms with E-state index in [4.69, 9.17) is 11.6 Å². The number of nitrogens with zero attached hydrogens (tertiary/aromatic N) is 6. The average molecular weight is 309 g/mol. The van der Waals surface area contributed by atoms with E-state index in [1.54, 1.807) is 12.1 Å². The van der Waals surface area contributed by atoms with Crippen LogP contribution in [0, 0.1) is 5.82 Å². The molecule has 3 rings (SSSR count). The Kier molecular flexibility index (Phi) is 3.57. The molecule has 2 aromatic heterocycles. The molecular formula is C11H6ClFN6S. The first-order chi connectivity index (χ1) is 9.70. The monoisotopic (exact) mass is 308 g/mol. The maximum atomic E-state index is 13.1. The van der Waals surface area contributed by atoms with Crippen molar-refractivity contribution in [1.29, 1.82) is 0 Å². The molecule has 0 aliphatic heterocycles. The van der Waals surface area contributed by atoms with Gasteiger partial charge in [-0.2, -0.15) is 24.7 Å². The van der Waals surface area contributed by atoms with E-state index in [1.807, 2.05) is 0 Å². The summed E-state index contributed by atoms with van der Waals surface area (Å²) in [6.07, 6.45) is 2.80. The third-order valence-corrected chi connectivity index (χ3v) is 3.23. The molecule has 0 amide bonds. The molecule has 1 aromatic carbocycles. The van der Waals surface area contributed by atoms with Crippen LogP contribution in [0.3, 0.4) is 0 Å². The summed E-state index contributed by atoms with van der Waals surface area (Å²) in [6, 6.07) is 6.11. The predicted molar refractivity (Wildman–Crippen MR) is 70.3 cm³/mol. The summed E-state index contributed by atoms with van der Waals surface area (Å²) >= 11 is 7.03. The van der Waals surface area contributed by atoms with Gasteiger partial charge in [0.2, 0.25) is 5.28 Å². The molecule has 0 fully saturated rings. The van der Waals surface area contributed by atoms with Crippen molar-refractivity contribution in [3.63, 3.8) is 0 Å². The molecule has 0 atom stereocenters. The standard InChI is InChI=1S/C11H6ClFN6S/c12-9-16-10(19-6-14-5-15-19)18-11(17-9)20-8-3-1-2-7(13)4-8/h1-6H. The van der Waals surface area contributed by atoms with Crippen molar-refractivity contribution in [3.8, 4) is 5.95 Å². The van der Waals surface area contributed by atoms with E-state index in [0.29, 0.717) is 10.1 Å². The molecule has 0 saturated heterocycles. The minimum atomic E-state index is -0.327. The Hall–Kier alpha value is -2.06. The number of halogens is 2.